The van der Waals surface area contributed by atoms with Crippen molar-refractivity contribution in [2.24, 2.45) is 4.99 Å². The third-order valence-electron chi connectivity index (χ3n) is 4.50. The fourth-order valence-electron chi connectivity index (χ4n) is 3.06. The summed E-state index contributed by atoms with van der Waals surface area (Å²) in [6.45, 7) is 8.46. The molecule has 1 heterocycles. The molecule has 33 heavy (non-hydrogen) atoms. The number of nitrogens with zero attached hydrogens (tertiary/aromatic N) is 2. The van der Waals surface area contributed by atoms with E-state index in [1.54, 1.807) is 36.4 Å². The lowest BCUT2D eigenvalue weighted by Gasteiger charge is -2.13. The summed E-state index contributed by atoms with van der Waals surface area (Å²) in [5.41, 5.74) is 1.26. The van der Waals surface area contributed by atoms with Gasteiger partial charge in [0.15, 0.2) is 16.7 Å². The zero-order chi connectivity index (χ0) is 24.0. The van der Waals surface area contributed by atoms with Gasteiger partial charge in [-0.15, -0.1) is 0 Å². The second-order valence-corrected chi connectivity index (χ2v) is 8.19. The minimum absolute atomic E-state index is 0.127. The first-order valence-electron chi connectivity index (χ1n) is 10.2. The van der Waals surface area contributed by atoms with Crippen molar-refractivity contribution >= 4 is 52.2 Å². The Balaban J connectivity index is 1.96. The first-order chi connectivity index (χ1) is 15.9. The maximum Gasteiger partial charge on any atom is 0.335 e. The van der Waals surface area contributed by atoms with Crippen molar-refractivity contribution in [3.8, 4) is 11.5 Å². The monoisotopic (exact) mass is 486 g/mol. The summed E-state index contributed by atoms with van der Waals surface area (Å²) in [4.78, 5) is 30.7. The van der Waals surface area contributed by atoms with Crippen LogP contribution in [-0.4, -0.2) is 46.8 Å². The molecule has 2 aromatic carbocycles. The van der Waals surface area contributed by atoms with Gasteiger partial charge in [-0.2, -0.15) is 0 Å². The van der Waals surface area contributed by atoms with Gasteiger partial charge in [-0.25, -0.2) is 9.79 Å². The van der Waals surface area contributed by atoms with Crippen molar-refractivity contribution < 1.29 is 24.2 Å². The summed E-state index contributed by atoms with van der Waals surface area (Å²) >= 11 is 7.63. The fraction of sp³-hybridized carbons (Fsp3) is 0.208. The molecule has 172 valence electrons. The van der Waals surface area contributed by atoms with E-state index < -0.39 is 5.97 Å². The van der Waals surface area contributed by atoms with E-state index in [-0.39, 0.29) is 18.1 Å². The molecule has 0 radical (unpaired) electrons. The summed E-state index contributed by atoms with van der Waals surface area (Å²) in [6, 6.07) is 9.72. The van der Waals surface area contributed by atoms with Crippen molar-refractivity contribution in [1.82, 2.24) is 4.90 Å². The number of carboxylic acid groups (broad SMARTS) is 1. The molecule has 7 nitrogen and oxygen atoms in total. The van der Waals surface area contributed by atoms with Crippen LogP contribution in [0, 0.1) is 0 Å². The Hall–Kier alpha value is -3.23. The smallest absolute Gasteiger partial charge is 0.335 e. The van der Waals surface area contributed by atoms with Crippen LogP contribution in [0.2, 0.25) is 5.02 Å². The number of ether oxygens (including phenoxy) is 2. The largest absolute Gasteiger partial charge is 0.490 e. The number of halogens is 1. The molecule has 9 heteroatoms. The lowest BCUT2D eigenvalue weighted by atomic mass is 10.1. The number of hydrogen-bond acceptors (Lipinski definition) is 6. The number of aromatic carboxylic acids is 1. The van der Waals surface area contributed by atoms with Gasteiger partial charge in [-0.3, -0.25) is 9.69 Å². The van der Waals surface area contributed by atoms with E-state index in [1.165, 1.54) is 28.8 Å². The maximum atomic E-state index is 13.0. The summed E-state index contributed by atoms with van der Waals surface area (Å²) < 4.78 is 11.3. The van der Waals surface area contributed by atoms with Gasteiger partial charge in [0.05, 0.1) is 27.8 Å². The molecule has 1 N–H and O–H groups in total. The van der Waals surface area contributed by atoms with Gasteiger partial charge in [-0.1, -0.05) is 30.3 Å². The molecule has 0 atom stereocenters. The van der Waals surface area contributed by atoms with Crippen molar-refractivity contribution in [2.45, 2.75) is 13.8 Å². The van der Waals surface area contributed by atoms with E-state index in [1.807, 2.05) is 13.8 Å². The number of thioether (sulfide) groups is 1. The van der Waals surface area contributed by atoms with E-state index >= 15 is 0 Å². The highest BCUT2D eigenvalue weighted by Gasteiger charge is 2.32. The van der Waals surface area contributed by atoms with E-state index in [4.69, 9.17) is 21.1 Å². The first-order valence-corrected chi connectivity index (χ1v) is 11.4. The summed E-state index contributed by atoms with van der Waals surface area (Å²) in [6.07, 6.45) is 3.33. The number of carbonyl (C=O) groups is 2. The van der Waals surface area contributed by atoms with Gasteiger partial charge < -0.3 is 14.6 Å². The van der Waals surface area contributed by atoms with Gasteiger partial charge in [0.25, 0.3) is 5.91 Å². The Bertz CT molecular complexity index is 1150. The molecule has 0 aliphatic carbocycles. The van der Waals surface area contributed by atoms with Crippen LogP contribution >= 0.6 is 23.4 Å². The molecule has 0 spiro atoms. The number of benzene rings is 2. The van der Waals surface area contributed by atoms with Crippen LogP contribution in [-0.2, 0) is 4.79 Å². The van der Waals surface area contributed by atoms with Crippen LogP contribution in [0.4, 0.5) is 5.69 Å². The van der Waals surface area contributed by atoms with Crippen LogP contribution in [0.15, 0.2) is 59.0 Å². The summed E-state index contributed by atoms with van der Waals surface area (Å²) in [7, 11) is 0. The standard InChI is InChI=1S/C24H23ClN2O5S/c1-4-10-32-21-18(25)11-15(12-19(21)31-6-3)13-20-22(28)27(5-2)24(33-20)26-17-9-7-8-16(14-17)23(29)30/h4,7-9,11-14H,1,5-6,10H2,2-3H3,(H,29,30)/b20-13-,26-24?. The lowest BCUT2D eigenvalue weighted by Crippen LogP contribution is -2.28. The number of likely N-dealkylation sites (N-methyl/N-ethyl adjacent to an activating group) is 1. The van der Waals surface area contributed by atoms with Crippen molar-refractivity contribution in [2.75, 3.05) is 19.8 Å². The highest BCUT2D eigenvalue weighted by atomic mass is 35.5. The second-order valence-electron chi connectivity index (χ2n) is 6.77. The zero-order valence-electron chi connectivity index (χ0n) is 18.2. The second kappa shape index (κ2) is 11.1. The van der Waals surface area contributed by atoms with Gasteiger partial charge in [0.1, 0.15) is 6.61 Å². The molecule has 3 rings (SSSR count). The van der Waals surface area contributed by atoms with E-state index in [2.05, 4.69) is 11.6 Å². The molecular formula is C24H23ClN2O5S. The summed E-state index contributed by atoms with van der Waals surface area (Å²) in [5, 5.41) is 10.0. The lowest BCUT2D eigenvalue weighted by molar-refractivity contribution is -0.122. The van der Waals surface area contributed by atoms with Crippen LogP contribution in [0.5, 0.6) is 11.5 Å². The fourth-order valence-corrected chi connectivity index (χ4v) is 4.39. The molecule has 0 bridgehead atoms. The van der Waals surface area contributed by atoms with Gasteiger partial charge >= 0.3 is 5.97 Å². The number of amides is 1. The highest BCUT2D eigenvalue weighted by molar-refractivity contribution is 8.18. The predicted molar refractivity (Wildman–Crippen MR) is 132 cm³/mol. The average Bonchev–Trinajstić information content (AvgIpc) is 3.07. The number of rotatable bonds is 9. The highest BCUT2D eigenvalue weighted by Crippen LogP contribution is 2.39. The molecule has 1 fully saturated rings. The van der Waals surface area contributed by atoms with Crippen LogP contribution in [0.25, 0.3) is 6.08 Å². The molecule has 0 saturated carbocycles. The van der Waals surface area contributed by atoms with Crippen LogP contribution in [0.1, 0.15) is 29.8 Å². The normalized spacial score (nSPS) is 15.8. The molecule has 1 aliphatic rings. The van der Waals surface area contributed by atoms with Crippen LogP contribution < -0.4 is 9.47 Å². The van der Waals surface area contributed by atoms with Gasteiger partial charge in [0.2, 0.25) is 0 Å². The van der Waals surface area contributed by atoms with Crippen molar-refractivity contribution in [3.05, 3.63) is 70.1 Å². The molecular weight excluding hydrogens is 464 g/mol. The van der Waals surface area contributed by atoms with Crippen molar-refractivity contribution in [1.29, 1.82) is 0 Å². The summed E-state index contributed by atoms with van der Waals surface area (Å²) in [5.74, 6) is -0.345. The van der Waals surface area contributed by atoms with E-state index in [0.29, 0.717) is 51.0 Å². The first kappa shape index (κ1) is 24.4. The minimum Gasteiger partial charge on any atom is -0.490 e. The molecule has 0 aromatic heterocycles. The third-order valence-corrected chi connectivity index (χ3v) is 5.78. The van der Waals surface area contributed by atoms with E-state index in [0.717, 1.165) is 0 Å². The molecule has 1 amide bonds. The Morgan fingerprint density at radius 1 is 1.27 bits per heavy atom. The van der Waals surface area contributed by atoms with Crippen LogP contribution in [0.3, 0.4) is 0 Å². The quantitative estimate of drug-likeness (QED) is 0.365. The van der Waals surface area contributed by atoms with E-state index in [9.17, 15) is 14.7 Å². The Morgan fingerprint density at radius 2 is 2.06 bits per heavy atom. The number of hydrogen-bond donors (Lipinski definition) is 1. The number of aliphatic imine (C=N–C) groups is 1. The van der Waals surface area contributed by atoms with Gasteiger partial charge in [-0.05, 0) is 67.6 Å². The number of carbonyl (C=O) groups excluding carboxylic acids is 1. The minimum atomic E-state index is -1.04. The molecule has 2 aromatic rings. The third kappa shape index (κ3) is 5.77. The zero-order valence-corrected chi connectivity index (χ0v) is 19.8. The Labute approximate surface area is 201 Å². The maximum absolute atomic E-state index is 13.0. The predicted octanol–water partition coefficient (Wildman–Crippen LogP) is 5.63. The number of carboxylic acids is 1. The van der Waals surface area contributed by atoms with Gasteiger partial charge in [0, 0.05) is 6.54 Å². The Morgan fingerprint density at radius 3 is 2.73 bits per heavy atom. The molecule has 1 saturated heterocycles. The topological polar surface area (TPSA) is 88.4 Å². The SMILES string of the molecule is C=CCOc1c(Cl)cc(/C=C2\SC(=Nc3cccc(C(=O)O)c3)N(CC)C2=O)cc1OCC. The molecule has 1 aliphatic heterocycles. The average molecular weight is 487 g/mol. The number of amidine groups is 1. The Kier molecular flexibility index (Phi) is 8.19. The van der Waals surface area contributed by atoms with Crippen molar-refractivity contribution in [3.63, 3.8) is 0 Å². The molecule has 0 unspecified atom stereocenters.